The van der Waals surface area contributed by atoms with Crippen molar-refractivity contribution in [1.29, 1.82) is 0 Å². The first-order valence-electron chi connectivity index (χ1n) is 35.8. The zero-order valence-corrected chi connectivity index (χ0v) is 58.4. The zero-order valence-electron chi connectivity index (χ0n) is 58.4. The van der Waals surface area contributed by atoms with Gasteiger partial charge in [-0.25, -0.2) is 0 Å². The van der Waals surface area contributed by atoms with Crippen molar-refractivity contribution < 1.29 is 62.3 Å². The lowest BCUT2D eigenvalue weighted by molar-refractivity contribution is -0.151. The predicted octanol–water partition coefficient (Wildman–Crippen LogP) is 1.72. The van der Waals surface area contributed by atoms with Gasteiger partial charge in [0.05, 0.1) is 19.6 Å². The minimum Gasteiger partial charge on any atom is -0.370 e. The molecular formula is C67H118N16O13. The van der Waals surface area contributed by atoms with Crippen molar-refractivity contribution >= 4 is 82.8 Å². The Hall–Kier alpha value is -7.62. The molecule has 0 aliphatic carbocycles. The summed E-state index contributed by atoms with van der Waals surface area (Å²) in [5.74, 6) is -7.59. The third-order valence-electron chi connectivity index (χ3n) is 17.7. The fraction of sp³-hybridized carbons (Fsp3) is 0.791. The molecule has 0 saturated carbocycles. The van der Waals surface area contributed by atoms with Crippen molar-refractivity contribution in [2.45, 2.75) is 283 Å². The van der Waals surface area contributed by atoms with E-state index in [0.29, 0.717) is 51.6 Å². The second kappa shape index (κ2) is 47.3. The van der Waals surface area contributed by atoms with Crippen LogP contribution in [0.4, 0.5) is 0 Å². The number of nitrogens with one attached hydrogen (secondary N) is 10. The molecule has 3 aliphatic rings. The van der Waals surface area contributed by atoms with Gasteiger partial charge in [-0.05, 0) is 91.4 Å². The molecule has 3 rings (SSSR count). The fourth-order valence-corrected chi connectivity index (χ4v) is 12.1. The molecule has 0 radical (unpaired) electrons. The molecule has 3 fully saturated rings. The van der Waals surface area contributed by atoms with Gasteiger partial charge in [0.25, 0.3) is 0 Å². The van der Waals surface area contributed by atoms with Crippen molar-refractivity contribution in [3.63, 3.8) is 0 Å². The standard InChI is InChI=1S/C67H118N16O13/c1-7-9-11-13-15-17-19-21-23-25-37-70-55(85)36-35-51(61(91)71-38-26-24-22-20-18-16-14-12-10-8-2)80-63(93)52-32-28-40-81(52)65(95)54-34-30-42-83(54)66(96)53-33-29-41-82(53)64(94)48(5)78-60(90)47(4)76-57(87)45-74-56(86)43-75-59(89)46(3)77-62(92)50(31-27-39-72-67(68)69)79-58(88)44-73-49(6)84/h46-48,50-54H,7-45H2,1-6H3,(H,70,85)(H,71,91)(H,73,84)(H,74,86)(H,75,89)(H,76,87)(H,77,92)(H,78,90)(H,79,88)(H,80,93)(H4,68,69,72)/t46-,47-,48-,50-,51-,52-,53-,54-/m0/s1. The summed E-state index contributed by atoms with van der Waals surface area (Å²) < 4.78 is 0. The van der Waals surface area contributed by atoms with Crippen molar-refractivity contribution in [3.05, 3.63) is 0 Å². The second-order valence-corrected chi connectivity index (χ2v) is 25.9. The number of unbranched alkanes of at least 4 members (excludes halogenated alkanes) is 18. The van der Waals surface area contributed by atoms with Crippen LogP contribution in [0.5, 0.6) is 0 Å². The van der Waals surface area contributed by atoms with Crippen LogP contribution in [0.25, 0.3) is 0 Å². The molecule has 0 unspecified atom stereocenters. The molecule has 3 saturated heterocycles. The molecule has 0 aromatic carbocycles. The van der Waals surface area contributed by atoms with Crippen LogP contribution in [-0.4, -0.2) is 205 Å². The Morgan fingerprint density at radius 2 is 0.865 bits per heavy atom. The average molecular weight is 1360 g/mol. The highest BCUT2D eigenvalue weighted by Crippen LogP contribution is 2.29. The van der Waals surface area contributed by atoms with Gasteiger partial charge in [0, 0.05) is 52.6 Å². The highest BCUT2D eigenvalue weighted by molar-refractivity contribution is 5.99. The van der Waals surface area contributed by atoms with Crippen LogP contribution in [0.2, 0.25) is 0 Å². The quantitative estimate of drug-likeness (QED) is 0.0234. The maximum atomic E-state index is 14.6. The summed E-state index contributed by atoms with van der Waals surface area (Å²) in [7, 11) is 0. The summed E-state index contributed by atoms with van der Waals surface area (Å²) in [6.07, 6.45) is 26.1. The normalized spacial score (nSPS) is 17.4. The van der Waals surface area contributed by atoms with E-state index in [1.54, 1.807) is 0 Å². The summed E-state index contributed by atoms with van der Waals surface area (Å²) >= 11 is 0. The van der Waals surface area contributed by atoms with Crippen LogP contribution < -0.4 is 64.6 Å². The number of likely N-dealkylation sites (tertiary alicyclic amines) is 3. The molecule has 3 aliphatic heterocycles. The van der Waals surface area contributed by atoms with E-state index in [1.807, 2.05) is 0 Å². The van der Waals surface area contributed by atoms with Gasteiger partial charge in [-0.2, -0.15) is 0 Å². The van der Waals surface area contributed by atoms with Crippen LogP contribution in [0.1, 0.15) is 234 Å². The maximum Gasteiger partial charge on any atom is 0.246 e. The Morgan fingerprint density at radius 3 is 1.42 bits per heavy atom. The number of hydrogen-bond acceptors (Lipinski definition) is 14. The summed E-state index contributed by atoms with van der Waals surface area (Å²) in [4.78, 5) is 181. The Labute approximate surface area is 568 Å². The fourth-order valence-electron chi connectivity index (χ4n) is 12.1. The van der Waals surface area contributed by atoms with Gasteiger partial charge in [-0.15, -0.1) is 0 Å². The number of nitrogens with zero attached hydrogens (tertiary/aromatic N) is 4. The highest BCUT2D eigenvalue weighted by Gasteiger charge is 2.46. The number of hydrogen-bond donors (Lipinski definition) is 12. The van der Waals surface area contributed by atoms with E-state index >= 15 is 0 Å². The number of aliphatic imine (C=N–C) groups is 1. The third-order valence-corrected chi connectivity index (χ3v) is 17.7. The molecule has 544 valence electrons. The minimum absolute atomic E-state index is 0.0271. The molecule has 29 heteroatoms. The Balaban J connectivity index is 1.52. The van der Waals surface area contributed by atoms with Crippen LogP contribution >= 0.6 is 0 Å². The largest absolute Gasteiger partial charge is 0.370 e. The molecule has 0 bridgehead atoms. The maximum absolute atomic E-state index is 14.6. The molecule has 0 spiro atoms. The number of rotatable bonds is 48. The van der Waals surface area contributed by atoms with Crippen LogP contribution in [-0.2, 0) is 62.3 Å². The van der Waals surface area contributed by atoms with E-state index in [0.717, 1.165) is 44.9 Å². The molecule has 13 amide bonds. The molecular weight excluding hydrogens is 1240 g/mol. The summed E-state index contributed by atoms with van der Waals surface area (Å²) in [6, 6.07) is -8.43. The van der Waals surface area contributed by atoms with Crippen molar-refractivity contribution in [2.24, 2.45) is 16.5 Å². The molecule has 0 aromatic heterocycles. The number of carbonyl (C=O) groups is 13. The van der Waals surface area contributed by atoms with Gasteiger partial charge in [0.2, 0.25) is 76.8 Å². The number of carbonyl (C=O) groups excluding carboxylic acids is 13. The van der Waals surface area contributed by atoms with E-state index in [2.05, 4.69) is 72.0 Å². The summed E-state index contributed by atoms with van der Waals surface area (Å²) in [6.45, 7) is 10.0. The summed E-state index contributed by atoms with van der Waals surface area (Å²) in [5.41, 5.74) is 10.7. The van der Waals surface area contributed by atoms with Gasteiger partial charge < -0.3 is 79.3 Å². The number of amides is 13. The second-order valence-electron chi connectivity index (χ2n) is 25.9. The van der Waals surface area contributed by atoms with E-state index < -0.39 is 133 Å². The van der Waals surface area contributed by atoms with E-state index in [9.17, 15) is 62.3 Å². The number of guanidine groups is 1. The van der Waals surface area contributed by atoms with E-state index in [4.69, 9.17) is 11.5 Å². The lowest BCUT2D eigenvalue weighted by atomic mass is 10.1. The highest BCUT2D eigenvalue weighted by atomic mass is 16.2. The SMILES string of the molecule is CCCCCCCCCCCCNC(=O)CC[C@H](NC(=O)[C@@H]1CCCN1C(=O)[C@@H]1CCCN1C(=O)[C@@H]1CCCN1C(=O)[C@H](C)NC(=O)[C@H](C)NC(=O)CNC(=O)CNC(=O)[C@H](C)NC(=O)[C@H](CCCN=C(N)N)NC(=O)CNC(C)=O)C(=O)NCCCCCCCCCCCC. The topological polar surface area (TPSA) is 416 Å². The molecule has 8 atom stereocenters. The first kappa shape index (κ1) is 82.6. The Bertz CT molecular complexity index is 2540. The molecule has 29 nitrogen and oxygen atoms in total. The van der Waals surface area contributed by atoms with Crippen LogP contribution in [0.3, 0.4) is 0 Å². The number of nitrogens with two attached hydrogens (primary N) is 2. The Kier molecular flexibility index (Phi) is 40.7. The van der Waals surface area contributed by atoms with Crippen molar-refractivity contribution in [1.82, 2.24) is 67.9 Å². The van der Waals surface area contributed by atoms with Crippen molar-refractivity contribution in [3.8, 4) is 0 Å². The molecule has 14 N–H and O–H groups in total. The first-order chi connectivity index (χ1) is 46.0. The molecule has 96 heavy (non-hydrogen) atoms. The lowest BCUT2D eigenvalue weighted by Gasteiger charge is -2.35. The average Bonchev–Trinajstić information content (AvgIpc) is 1.64. The van der Waals surface area contributed by atoms with Crippen LogP contribution in [0.15, 0.2) is 4.99 Å². The van der Waals surface area contributed by atoms with Gasteiger partial charge >= 0.3 is 0 Å². The zero-order chi connectivity index (χ0) is 70.8. The predicted molar refractivity (Wildman–Crippen MR) is 364 cm³/mol. The molecule has 3 heterocycles. The smallest absolute Gasteiger partial charge is 0.246 e. The minimum atomic E-state index is -1.19. The Morgan fingerprint density at radius 1 is 0.417 bits per heavy atom. The lowest BCUT2D eigenvalue weighted by Crippen LogP contribution is -2.58. The van der Waals surface area contributed by atoms with Gasteiger partial charge in [0.1, 0.15) is 48.3 Å². The monoisotopic (exact) mass is 1350 g/mol. The van der Waals surface area contributed by atoms with Crippen molar-refractivity contribution in [2.75, 3.05) is 58.9 Å². The van der Waals surface area contributed by atoms with Gasteiger partial charge in [-0.3, -0.25) is 67.3 Å². The third kappa shape index (κ3) is 32.4. The summed E-state index contributed by atoms with van der Waals surface area (Å²) in [5, 5.41) is 25.9. The van der Waals surface area contributed by atoms with Crippen LogP contribution in [0, 0.1) is 0 Å². The van der Waals surface area contributed by atoms with Gasteiger partial charge in [-0.1, -0.05) is 129 Å². The van der Waals surface area contributed by atoms with E-state index in [-0.39, 0.29) is 69.6 Å². The first-order valence-corrected chi connectivity index (χ1v) is 35.8. The van der Waals surface area contributed by atoms with E-state index in [1.165, 1.54) is 126 Å². The molecule has 0 aromatic rings. The van der Waals surface area contributed by atoms with Gasteiger partial charge in [0.15, 0.2) is 5.96 Å².